The molecule has 0 aliphatic rings. The topological polar surface area (TPSA) is 9.23 Å². The standard InChI is InChI=1S/C18H17F3O/c1-12-10-15(6-9-17(12)13(2)11-22-3)14-4-7-16(8-5-14)18(19,20)21/h4-11H,1-3H3/b13-11+. The SMILES string of the molecule is CO/C=C(\C)c1ccc(-c2ccc(C(F)(F)F)cc2)cc1C. The molecule has 0 aromatic heterocycles. The number of hydrogen-bond donors (Lipinski definition) is 0. The molecule has 0 radical (unpaired) electrons. The first kappa shape index (κ1) is 16.1. The maximum atomic E-state index is 12.6. The van der Waals surface area contributed by atoms with Crippen LogP contribution in [0.1, 0.15) is 23.6 Å². The highest BCUT2D eigenvalue weighted by Gasteiger charge is 2.29. The summed E-state index contributed by atoms with van der Waals surface area (Å²) in [5.74, 6) is 0. The molecule has 1 nitrogen and oxygen atoms in total. The van der Waals surface area contributed by atoms with E-state index in [4.69, 9.17) is 4.74 Å². The second-order valence-corrected chi connectivity index (χ2v) is 5.14. The molecule has 2 aromatic carbocycles. The van der Waals surface area contributed by atoms with Crippen molar-refractivity contribution in [1.82, 2.24) is 0 Å². The Morgan fingerprint density at radius 3 is 2.09 bits per heavy atom. The molecule has 0 unspecified atom stereocenters. The van der Waals surface area contributed by atoms with Gasteiger partial charge in [0.25, 0.3) is 0 Å². The number of methoxy groups -OCH3 is 1. The first-order valence-electron chi connectivity index (χ1n) is 6.81. The van der Waals surface area contributed by atoms with Crippen LogP contribution in [0.2, 0.25) is 0 Å². The van der Waals surface area contributed by atoms with E-state index in [0.29, 0.717) is 0 Å². The van der Waals surface area contributed by atoms with Crippen molar-refractivity contribution in [3.05, 3.63) is 65.4 Å². The molecule has 2 aromatic rings. The molecule has 0 atom stereocenters. The third-order valence-corrected chi connectivity index (χ3v) is 3.49. The van der Waals surface area contributed by atoms with Crippen LogP contribution in [-0.4, -0.2) is 7.11 Å². The van der Waals surface area contributed by atoms with Crippen molar-refractivity contribution < 1.29 is 17.9 Å². The molecule has 0 bridgehead atoms. The molecule has 0 aliphatic heterocycles. The van der Waals surface area contributed by atoms with Crippen molar-refractivity contribution in [1.29, 1.82) is 0 Å². The van der Waals surface area contributed by atoms with Gasteiger partial charge in [-0.25, -0.2) is 0 Å². The van der Waals surface area contributed by atoms with E-state index in [1.54, 1.807) is 13.4 Å². The predicted molar refractivity (Wildman–Crippen MR) is 82.3 cm³/mol. The van der Waals surface area contributed by atoms with Crippen LogP contribution in [0.4, 0.5) is 13.2 Å². The number of rotatable bonds is 3. The lowest BCUT2D eigenvalue weighted by Gasteiger charge is -2.11. The third-order valence-electron chi connectivity index (χ3n) is 3.49. The summed E-state index contributed by atoms with van der Waals surface area (Å²) in [6.45, 7) is 3.92. The fourth-order valence-corrected chi connectivity index (χ4v) is 2.38. The molecule has 0 N–H and O–H groups in total. The van der Waals surface area contributed by atoms with E-state index in [1.807, 2.05) is 32.0 Å². The second kappa shape index (κ2) is 6.26. The summed E-state index contributed by atoms with van der Waals surface area (Å²) in [7, 11) is 1.59. The van der Waals surface area contributed by atoms with Gasteiger partial charge in [-0.2, -0.15) is 13.2 Å². The maximum absolute atomic E-state index is 12.6. The highest BCUT2D eigenvalue weighted by atomic mass is 19.4. The lowest BCUT2D eigenvalue weighted by molar-refractivity contribution is -0.137. The Morgan fingerprint density at radius 1 is 1.00 bits per heavy atom. The lowest BCUT2D eigenvalue weighted by atomic mass is 9.96. The molecule has 0 saturated heterocycles. The van der Waals surface area contributed by atoms with E-state index in [9.17, 15) is 13.2 Å². The van der Waals surface area contributed by atoms with Crippen molar-refractivity contribution in [3.8, 4) is 11.1 Å². The summed E-state index contributed by atoms with van der Waals surface area (Å²) >= 11 is 0. The molecule has 4 heteroatoms. The Balaban J connectivity index is 2.34. The largest absolute Gasteiger partial charge is 0.504 e. The van der Waals surface area contributed by atoms with E-state index in [0.717, 1.165) is 40.0 Å². The minimum absolute atomic E-state index is 0.636. The maximum Gasteiger partial charge on any atom is 0.416 e. The number of aryl methyl sites for hydroxylation is 1. The Morgan fingerprint density at radius 2 is 1.59 bits per heavy atom. The first-order valence-corrected chi connectivity index (χ1v) is 6.81. The Bertz CT molecular complexity index is 682. The summed E-state index contributed by atoms with van der Waals surface area (Å²) in [5, 5.41) is 0. The molecular weight excluding hydrogens is 289 g/mol. The molecule has 0 fully saturated rings. The Kier molecular flexibility index (Phi) is 4.59. The summed E-state index contributed by atoms with van der Waals surface area (Å²) in [6, 6.07) is 11.0. The molecule has 116 valence electrons. The summed E-state index contributed by atoms with van der Waals surface area (Å²) in [4.78, 5) is 0. The van der Waals surface area contributed by atoms with Crippen LogP contribution in [0.5, 0.6) is 0 Å². The Hall–Kier alpha value is -2.23. The summed E-state index contributed by atoms with van der Waals surface area (Å²) in [6.07, 6.45) is -2.64. The van der Waals surface area contributed by atoms with E-state index < -0.39 is 11.7 Å². The molecule has 0 heterocycles. The van der Waals surface area contributed by atoms with Crippen LogP contribution in [0.3, 0.4) is 0 Å². The van der Waals surface area contributed by atoms with Gasteiger partial charge in [0.2, 0.25) is 0 Å². The Labute approximate surface area is 128 Å². The molecule has 0 aliphatic carbocycles. The molecule has 0 saturated carbocycles. The van der Waals surface area contributed by atoms with Crippen LogP contribution in [0.15, 0.2) is 48.7 Å². The van der Waals surface area contributed by atoms with Crippen molar-refractivity contribution >= 4 is 5.57 Å². The van der Waals surface area contributed by atoms with E-state index in [1.165, 1.54) is 12.1 Å². The van der Waals surface area contributed by atoms with Gasteiger partial charge in [-0.15, -0.1) is 0 Å². The smallest absolute Gasteiger partial charge is 0.416 e. The predicted octanol–water partition coefficient (Wildman–Crippen LogP) is 5.69. The monoisotopic (exact) mass is 306 g/mol. The highest BCUT2D eigenvalue weighted by molar-refractivity contribution is 5.72. The van der Waals surface area contributed by atoms with Crippen LogP contribution < -0.4 is 0 Å². The van der Waals surface area contributed by atoms with Gasteiger partial charge in [0.05, 0.1) is 18.9 Å². The fourth-order valence-electron chi connectivity index (χ4n) is 2.38. The van der Waals surface area contributed by atoms with Gasteiger partial charge >= 0.3 is 6.18 Å². The normalized spacial score (nSPS) is 12.4. The number of allylic oxidation sites excluding steroid dienone is 1. The van der Waals surface area contributed by atoms with Crippen LogP contribution in [-0.2, 0) is 10.9 Å². The zero-order valence-corrected chi connectivity index (χ0v) is 12.7. The molecule has 0 spiro atoms. The molecular formula is C18H17F3O. The van der Waals surface area contributed by atoms with Gasteiger partial charge in [0, 0.05) is 0 Å². The summed E-state index contributed by atoms with van der Waals surface area (Å²) < 4.78 is 42.8. The van der Waals surface area contributed by atoms with Crippen molar-refractivity contribution in [2.75, 3.05) is 7.11 Å². The van der Waals surface area contributed by atoms with Gasteiger partial charge in [-0.05, 0) is 53.8 Å². The average Bonchev–Trinajstić information content (AvgIpc) is 2.46. The van der Waals surface area contributed by atoms with Gasteiger partial charge in [0.15, 0.2) is 0 Å². The second-order valence-electron chi connectivity index (χ2n) is 5.14. The quantitative estimate of drug-likeness (QED) is 0.662. The number of hydrogen-bond acceptors (Lipinski definition) is 1. The number of ether oxygens (including phenoxy) is 1. The molecule has 22 heavy (non-hydrogen) atoms. The zero-order chi connectivity index (χ0) is 16.3. The van der Waals surface area contributed by atoms with Crippen molar-refractivity contribution in [2.45, 2.75) is 20.0 Å². The molecule has 0 amide bonds. The number of benzene rings is 2. The van der Waals surface area contributed by atoms with Crippen LogP contribution in [0, 0.1) is 6.92 Å². The fraction of sp³-hybridized carbons (Fsp3) is 0.222. The van der Waals surface area contributed by atoms with E-state index in [2.05, 4.69) is 0 Å². The van der Waals surface area contributed by atoms with Crippen LogP contribution in [0.25, 0.3) is 16.7 Å². The minimum atomic E-state index is -4.31. The number of halogens is 3. The van der Waals surface area contributed by atoms with E-state index >= 15 is 0 Å². The van der Waals surface area contributed by atoms with Gasteiger partial charge < -0.3 is 4.74 Å². The summed E-state index contributed by atoms with van der Waals surface area (Å²) in [5.41, 5.74) is 4.11. The van der Waals surface area contributed by atoms with Crippen molar-refractivity contribution in [3.63, 3.8) is 0 Å². The first-order chi connectivity index (χ1) is 10.3. The number of alkyl halides is 3. The zero-order valence-electron chi connectivity index (χ0n) is 12.7. The van der Waals surface area contributed by atoms with Crippen molar-refractivity contribution in [2.24, 2.45) is 0 Å². The third kappa shape index (κ3) is 3.50. The van der Waals surface area contributed by atoms with Gasteiger partial charge in [0.1, 0.15) is 0 Å². The van der Waals surface area contributed by atoms with Gasteiger partial charge in [-0.3, -0.25) is 0 Å². The van der Waals surface area contributed by atoms with Crippen LogP contribution >= 0.6 is 0 Å². The molecule has 2 rings (SSSR count). The lowest BCUT2D eigenvalue weighted by Crippen LogP contribution is -2.04. The van der Waals surface area contributed by atoms with Gasteiger partial charge in [-0.1, -0.05) is 30.3 Å². The minimum Gasteiger partial charge on any atom is -0.504 e. The van der Waals surface area contributed by atoms with E-state index in [-0.39, 0.29) is 0 Å². The highest BCUT2D eigenvalue weighted by Crippen LogP contribution is 2.31. The average molecular weight is 306 g/mol.